The first kappa shape index (κ1) is 27.3. The van der Waals surface area contributed by atoms with Gasteiger partial charge in [-0.15, -0.1) is 22.7 Å². The van der Waals surface area contributed by atoms with E-state index < -0.39 is 0 Å². The number of nitrogens with one attached hydrogen (secondary N) is 2. The van der Waals surface area contributed by atoms with Crippen LogP contribution in [0.4, 0.5) is 0 Å². The molecule has 1 amide bonds. The number of nitrogens with zero attached hydrogens (tertiary/aromatic N) is 2. The number of thiophene rings is 2. The van der Waals surface area contributed by atoms with Crippen molar-refractivity contribution >= 4 is 28.6 Å². The Morgan fingerprint density at radius 2 is 1.53 bits per heavy atom. The topological polar surface area (TPSA) is 56.8 Å². The number of piperidine rings is 1. The van der Waals surface area contributed by atoms with Gasteiger partial charge in [0.1, 0.15) is 0 Å². The van der Waals surface area contributed by atoms with Gasteiger partial charge in [0.25, 0.3) is 5.91 Å². The number of hydrogen-bond acceptors (Lipinski definition) is 7. The second kappa shape index (κ2) is 15.7. The third-order valence-corrected chi connectivity index (χ3v) is 7.99. The largest absolute Gasteiger partial charge is 0.362 e. The van der Waals surface area contributed by atoms with E-state index in [4.69, 9.17) is 4.74 Å². The molecule has 4 heterocycles. The molecular weight excluding hydrogens is 464 g/mol. The van der Waals surface area contributed by atoms with Crippen molar-refractivity contribution in [3.63, 3.8) is 0 Å². The van der Waals surface area contributed by atoms with Gasteiger partial charge in [-0.25, -0.2) is 0 Å². The van der Waals surface area contributed by atoms with Crippen LogP contribution in [0, 0.1) is 13.8 Å². The Hall–Kier alpha value is -1.29. The molecule has 0 unspecified atom stereocenters. The molecule has 2 saturated heterocycles. The van der Waals surface area contributed by atoms with Crippen LogP contribution in [-0.4, -0.2) is 74.8 Å². The number of rotatable bonds is 11. The molecule has 0 atom stereocenters. The molecule has 34 heavy (non-hydrogen) atoms. The highest BCUT2D eigenvalue weighted by Crippen LogP contribution is 2.14. The summed E-state index contributed by atoms with van der Waals surface area (Å²) in [6, 6.07) is 4.13. The second-order valence-corrected chi connectivity index (χ2v) is 11.4. The lowest BCUT2D eigenvalue weighted by Gasteiger charge is -2.26. The van der Waals surface area contributed by atoms with Crippen LogP contribution in [0.3, 0.4) is 0 Å². The van der Waals surface area contributed by atoms with Gasteiger partial charge in [-0.2, -0.15) is 0 Å². The predicted molar refractivity (Wildman–Crippen MR) is 148 cm³/mol. The van der Waals surface area contributed by atoms with E-state index in [-0.39, 0.29) is 8.76 Å². The summed E-state index contributed by atoms with van der Waals surface area (Å²) in [5.74, 6) is 0.0588. The van der Waals surface area contributed by atoms with E-state index in [2.05, 4.69) is 38.8 Å². The summed E-state index contributed by atoms with van der Waals surface area (Å²) < 4.78 is 5.60. The number of hydrogen-bond donors (Lipinski definition) is 2. The minimum atomic E-state index is 0. The maximum absolute atomic E-state index is 11.7. The van der Waals surface area contributed by atoms with Gasteiger partial charge in [-0.1, -0.05) is 6.42 Å². The number of ether oxygens (including phenoxy) is 1. The standard InChI is InChI=1S/C14H24N2OS.C12H18N2OS.2H2/c1-13-9-14(11-18-13)10-17-12-15-5-8-16-6-3-2-4-7-16;1-10-8-11(9-16-10)12(15)13-4-7-14-5-2-3-6-14;;/h9,11,15H,2-8,10,12H2,1H3;8-9H,2-7H2,1H3,(H,13,15);2*1H. The Labute approximate surface area is 216 Å². The zero-order valence-corrected chi connectivity index (χ0v) is 22.6. The minimum absolute atomic E-state index is 0. The minimum Gasteiger partial charge on any atom is -0.362 e. The molecule has 6 nitrogen and oxygen atoms in total. The number of carbonyl (C=O) groups excluding carboxylic acids is 1. The van der Waals surface area contributed by atoms with Crippen LogP contribution in [0.2, 0.25) is 0 Å². The van der Waals surface area contributed by atoms with Crippen LogP contribution in [-0.2, 0) is 11.3 Å². The van der Waals surface area contributed by atoms with Crippen LogP contribution in [0.5, 0.6) is 0 Å². The third-order valence-electron chi connectivity index (χ3n) is 6.22. The van der Waals surface area contributed by atoms with Crippen LogP contribution in [0.1, 0.15) is 60.6 Å². The zero-order valence-electron chi connectivity index (χ0n) is 20.9. The van der Waals surface area contributed by atoms with Gasteiger partial charge in [0.05, 0.1) is 18.9 Å². The molecule has 0 bridgehead atoms. The number of likely N-dealkylation sites (tertiary alicyclic amines) is 2. The van der Waals surface area contributed by atoms with Gasteiger partial charge >= 0.3 is 0 Å². The lowest BCUT2D eigenvalue weighted by molar-refractivity contribution is 0.0950. The maximum atomic E-state index is 11.7. The summed E-state index contributed by atoms with van der Waals surface area (Å²) in [6.45, 7) is 14.4. The van der Waals surface area contributed by atoms with Gasteiger partial charge < -0.3 is 19.9 Å². The van der Waals surface area contributed by atoms with E-state index in [0.29, 0.717) is 6.73 Å². The third kappa shape index (κ3) is 10.5. The molecule has 2 N–H and O–H groups in total. The summed E-state index contributed by atoms with van der Waals surface area (Å²) in [5.41, 5.74) is 2.08. The van der Waals surface area contributed by atoms with Crippen molar-refractivity contribution in [1.82, 2.24) is 20.4 Å². The van der Waals surface area contributed by atoms with Crippen molar-refractivity contribution in [2.45, 2.75) is 52.6 Å². The Balaban J connectivity index is 0.000000343. The Morgan fingerprint density at radius 3 is 2.15 bits per heavy atom. The Morgan fingerprint density at radius 1 is 0.912 bits per heavy atom. The van der Waals surface area contributed by atoms with Crippen LogP contribution in [0.25, 0.3) is 0 Å². The quantitative estimate of drug-likeness (QED) is 0.330. The highest BCUT2D eigenvalue weighted by Gasteiger charge is 2.12. The van der Waals surface area contributed by atoms with Crippen molar-refractivity contribution in [2.75, 3.05) is 59.1 Å². The van der Waals surface area contributed by atoms with Crippen LogP contribution >= 0.6 is 22.7 Å². The summed E-state index contributed by atoms with van der Waals surface area (Å²) in [5, 5.41) is 10.4. The Kier molecular flexibility index (Phi) is 12.6. The molecule has 0 radical (unpaired) electrons. The van der Waals surface area contributed by atoms with Crippen molar-refractivity contribution in [3.8, 4) is 0 Å². The molecule has 2 aliphatic rings. The van der Waals surface area contributed by atoms with Gasteiger partial charge in [-0.05, 0) is 88.8 Å². The van der Waals surface area contributed by atoms with Crippen LogP contribution < -0.4 is 10.6 Å². The first-order valence-corrected chi connectivity index (χ1v) is 14.5. The number of carbonyl (C=O) groups is 1. The fraction of sp³-hybridized carbons (Fsp3) is 0.654. The monoisotopic (exact) mass is 510 g/mol. The predicted octanol–water partition coefficient (Wildman–Crippen LogP) is 4.98. The molecular formula is C26H46N4O2S2. The van der Waals surface area contributed by atoms with Gasteiger partial charge in [0.15, 0.2) is 0 Å². The van der Waals surface area contributed by atoms with E-state index >= 15 is 0 Å². The summed E-state index contributed by atoms with van der Waals surface area (Å²) in [7, 11) is 0. The lowest BCUT2D eigenvalue weighted by atomic mass is 10.1. The lowest BCUT2D eigenvalue weighted by Crippen LogP contribution is -2.36. The zero-order chi connectivity index (χ0) is 24.0. The SMILES string of the molecule is Cc1cc(C(=O)NCCN2CCCC2)cs1.Cc1cc(COCNCCN2CCCCC2)cs1.[HH].[HH]. The van der Waals surface area contributed by atoms with Crippen molar-refractivity contribution < 1.29 is 12.4 Å². The number of aryl methyl sites for hydroxylation is 2. The average molecular weight is 511 g/mol. The average Bonchev–Trinajstić information content (AvgIpc) is 3.60. The molecule has 0 saturated carbocycles. The summed E-state index contributed by atoms with van der Waals surface area (Å²) in [6.07, 6.45) is 6.75. The molecule has 0 aliphatic carbocycles. The molecule has 194 valence electrons. The molecule has 4 rings (SSSR count). The molecule has 0 spiro atoms. The van der Waals surface area contributed by atoms with Gasteiger partial charge in [0, 0.05) is 44.2 Å². The van der Waals surface area contributed by atoms with Gasteiger partial charge in [0.2, 0.25) is 0 Å². The second-order valence-electron chi connectivity index (χ2n) is 9.21. The first-order valence-electron chi connectivity index (χ1n) is 12.7. The fourth-order valence-electron chi connectivity index (χ4n) is 4.31. The molecule has 2 fully saturated rings. The highest BCUT2D eigenvalue weighted by atomic mass is 32.1. The smallest absolute Gasteiger partial charge is 0.252 e. The molecule has 8 heteroatoms. The fourth-order valence-corrected chi connectivity index (χ4v) is 5.68. The van der Waals surface area contributed by atoms with E-state index in [1.807, 2.05) is 18.4 Å². The molecule has 0 aromatic carbocycles. The molecule has 2 aromatic heterocycles. The molecule has 2 aromatic rings. The van der Waals surface area contributed by atoms with E-state index in [1.54, 1.807) is 22.7 Å². The van der Waals surface area contributed by atoms with E-state index in [0.717, 1.165) is 38.3 Å². The normalized spacial score (nSPS) is 16.9. The van der Waals surface area contributed by atoms with Crippen LogP contribution in [0.15, 0.2) is 22.9 Å². The first-order chi connectivity index (χ1) is 16.6. The summed E-state index contributed by atoms with van der Waals surface area (Å²) in [4.78, 5) is 19.2. The Bertz CT molecular complexity index is 838. The van der Waals surface area contributed by atoms with Gasteiger partial charge in [-0.3, -0.25) is 10.1 Å². The number of amides is 1. The maximum Gasteiger partial charge on any atom is 0.252 e. The van der Waals surface area contributed by atoms with Crippen molar-refractivity contribution in [3.05, 3.63) is 43.8 Å². The van der Waals surface area contributed by atoms with Crippen molar-refractivity contribution in [2.24, 2.45) is 0 Å². The summed E-state index contributed by atoms with van der Waals surface area (Å²) >= 11 is 3.40. The van der Waals surface area contributed by atoms with E-state index in [9.17, 15) is 4.79 Å². The van der Waals surface area contributed by atoms with Crippen molar-refractivity contribution in [1.29, 1.82) is 0 Å². The van der Waals surface area contributed by atoms with E-state index in [1.165, 1.54) is 73.6 Å². The molecule has 2 aliphatic heterocycles. The highest BCUT2D eigenvalue weighted by molar-refractivity contribution is 7.10.